The highest BCUT2D eigenvalue weighted by Crippen LogP contribution is 2.26. The average molecular weight is 301 g/mol. The van der Waals surface area contributed by atoms with Gasteiger partial charge in [0.2, 0.25) is 5.78 Å². The van der Waals surface area contributed by atoms with Crippen molar-refractivity contribution in [3.8, 4) is 5.75 Å². The summed E-state index contributed by atoms with van der Waals surface area (Å²) >= 11 is 1.44. The zero-order chi connectivity index (χ0) is 14.8. The van der Waals surface area contributed by atoms with E-state index in [2.05, 4.69) is 5.32 Å². The highest BCUT2D eigenvalue weighted by molar-refractivity contribution is 7.12. The van der Waals surface area contributed by atoms with E-state index in [-0.39, 0.29) is 11.7 Å². The van der Waals surface area contributed by atoms with Crippen molar-refractivity contribution in [2.45, 2.75) is 13.3 Å². The molecule has 1 aliphatic heterocycles. The first kappa shape index (κ1) is 13.8. The summed E-state index contributed by atoms with van der Waals surface area (Å²) in [4.78, 5) is 25.3. The second-order valence-electron chi connectivity index (χ2n) is 4.77. The van der Waals surface area contributed by atoms with Crippen molar-refractivity contribution < 1.29 is 14.3 Å². The van der Waals surface area contributed by atoms with Crippen LogP contribution in [0.5, 0.6) is 5.75 Å². The van der Waals surface area contributed by atoms with Crippen molar-refractivity contribution in [2.24, 2.45) is 0 Å². The Kier molecular flexibility index (Phi) is 3.75. The Morgan fingerprint density at radius 2 is 2.24 bits per heavy atom. The predicted molar refractivity (Wildman–Crippen MR) is 81.4 cm³/mol. The second kappa shape index (κ2) is 5.69. The fourth-order valence-electron chi connectivity index (χ4n) is 2.34. The standard InChI is InChI=1S/C16H15NO3S/c1-2-10-5-8-21-15(10)14(18)11-3-4-13-12(9-11)16(19)17-6-7-20-13/h3-5,8-9H,2,6-7H2,1H3,(H,17,19). The van der Waals surface area contributed by atoms with Crippen LogP contribution in [0.1, 0.15) is 38.1 Å². The molecule has 0 saturated carbocycles. The minimum atomic E-state index is -0.195. The van der Waals surface area contributed by atoms with Gasteiger partial charge in [0.1, 0.15) is 12.4 Å². The molecule has 1 amide bonds. The van der Waals surface area contributed by atoms with Gasteiger partial charge in [-0.25, -0.2) is 0 Å². The Morgan fingerprint density at radius 3 is 3.05 bits per heavy atom. The molecular formula is C16H15NO3S. The third-order valence-corrected chi connectivity index (χ3v) is 4.42. The van der Waals surface area contributed by atoms with E-state index < -0.39 is 0 Å². The quantitative estimate of drug-likeness (QED) is 0.887. The maximum absolute atomic E-state index is 12.6. The van der Waals surface area contributed by atoms with Crippen LogP contribution in [-0.2, 0) is 6.42 Å². The highest BCUT2D eigenvalue weighted by atomic mass is 32.1. The van der Waals surface area contributed by atoms with Crippen molar-refractivity contribution in [2.75, 3.05) is 13.2 Å². The van der Waals surface area contributed by atoms with Gasteiger partial charge in [-0.05, 0) is 41.6 Å². The molecule has 1 aromatic heterocycles. The van der Waals surface area contributed by atoms with Crippen LogP contribution in [0, 0.1) is 0 Å². The number of benzene rings is 1. The maximum atomic E-state index is 12.6. The topological polar surface area (TPSA) is 55.4 Å². The molecule has 0 aliphatic carbocycles. The van der Waals surface area contributed by atoms with Crippen LogP contribution in [-0.4, -0.2) is 24.8 Å². The summed E-state index contributed by atoms with van der Waals surface area (Å²) in [5.41, 5.74) is 1.99. The lowest BCUT2D eigenvalue weighted by Crippen LogP contribution is -2.24. The summed E-state index contributed by atoms with van der Waals surface area (Å²) in [6.45, 7) is 2.94. The smallest absolute Gasteiger partial charge is 0.255 e. The Hall–Kier alpha value is -2.14. The molecule has 2 aromatic rings. The van der Waals surface area contributed by atoms with Gasteiger partial charge in [-0.3, -0.25) is 9.59 Å². The summed E-state index contributed by atoms with van der Waals surface area (Å²) in [6.07, 6.45) is 0.819. The Balaban J connectivity index is 2.00. The van der Waals surface area contributed by atoms with Crippen LogP contribution < -0.4 is 10.1 Å². The van der Waals surface area contributed by atoms with Gasteiger partial charge in [-0.15, -0.1) is 11.3 Å². The predicted octanol–water partition coefficient (Wildman–Crippen LogP) is 2.66. The number of thiophene rings is 1. The first-order valence-electron chi connectivity index (χ1n) is 6.87. The molecule has 5 heteroatoms. The van der Waals surface area contributed by atoms with Gasteiger partial charge in [0.05, 0.1) is 17.0 Å². The summed E-state index contributed by atoms with van der Waals surface area (Å²) in [7, 11) is 0. The molecule has 0 spiro atoms. The van der Waals surface area contributed by atoms with Crippen LogP contribution in [0.15, 0.2) is 29.6 Å². The fraction of sp³-hybridized carbons (Fsp3) is 0.250. The molecule has 0 radical (unpaired) electrons. The largest absolute Gasteiger partial charge is 0.491 e. The molecule has 1 aromatic carbocycles. The fourth-order valence-corrected chi connectivity index (χ4v) is 3.30. The van der Waals surface area contributed by atoms with E-state index in [1.807, 2.05) is 18.4 Å². The molecule has 0 unspecified atom stereocenters. The van der Waals surface area contributed by atoms with Crippen molar-refractivity contribution >= 4 is 23.0 Å². The summed E-state index contributed by atoms with van der Waals surface area (Å²) in [5.74, 6) is 0.296. The van der Waals surface area contributed by atoms with Gasteiger partial charge >= 0.3 is 0 Å². The molecule has 0 bridgehead atoms. The number of aryl methyl sites for hydroxylation is 1. The number of ether oxygens (including phenoxy) is 1. The third-order valence-electron chi connectivity index (χ3n) is 3.47. The van der Waals surface area contributed by atoms with E-state index in [0.29, 0.717) is 30.0 Å². The number of carbonyl (C=O) groups is 2. The lowest BCUT2D eigenvalue weighted by Gasteiger charge is -2.07. The van der Waals surface area contributed by atoms with Crippen LogP contribution in [0.4, 0.5) is 0 Å². The Bertz CT molecular complexity index is 705. The lowest BCUT2D eigenvalue weighted by atomic mass is 10.0. The molecule has 2 heterocycles. The molecule has 108 valence electrons. The molecule has 0 saturated heterocycles. The van der Waals surface area contributed by atoms with E-state index in [4.69, 9.17) is 4.74 Å². The maximum Gasteiger partial charge on any atom is 0.255 e. The molecule has 0 fully saturated rings. The average Bonchev–Trinajstić information content (AvgIpc) is 2.91. The van der Waals surface area contributed by atoms with Crippen LogP contribution in [0.3, 0.4) is 0 Å². The number of ketones is 1. The van der Waals surface area contributed by atoms with E-state index in [9.17, 15) is 9.59 Å². The molecule has 1 N–H and O–H groups in total. The first-order chi connectivity index (χ1) is 10.2. The first-order valence-corrected chi connectivity index (χ1v) is 7.74. The number of rotatable bonds is 3. The number of amides is 1. The summed E-state index contributed by atoms with van der Waals surface area (Å²) in [6, 6.07) is 7.01. The van der Waals surface area contributed by atoms with Crippen molar-refractivity contribution in [1.82, 2.24) is 5.32 Å². The zero-order valence-electron chi connectivity index (χ0n) is 11.6. The van der Waals surface area contributed by atoms with E-state index in [1.165, 1.54) is 11.3 Å². The van der Waals surface area contributed by atoms with E-state index in [1.54, 1.807) is 18.2 Å². The van der Waals surface area contributed by atoms with Crippen molar-refractivity contribution in [1.29, 1.82) is 0 Å². The minimum Gasteiger partial charge on any atom is -0.491 e. The number of carbonyl (C=O) groups excluding carboxylic acids is 2. The van der Waals surface area contributed by atoms with Gasteiger partial charge in [0.15, 0.2) is 0 Å². The number of fused-ring (bicyclic) bond motifs is 1. The van der Waals surface area contributed by atoms with E-state index >= 15 is 0 Å². The molecule has 3 rings (SSSR count). The normalized spacial score (nSPS) is 13.9. The zero-order valence-corrected chi connectivity index (χ0v) is 12.5. The third kappa shape index (κ3) is 2.56. The Morgan fingerprint density at radius 1 is 1.38 bits per heavy atom. The summed E-state index contributed by atoms with van der Waals surface area (Å²) < 4.78 is 5.50. The molecule has 4 nitrogen and oxygen atoms in total. The van der Waals surface area contributed by atoms with E-state index in [0.717, 1.165) is 16.9 Å². The van der Waals surface area contributed by atoms with Crippen molar-refractivity contribution in [3.05, 3.63) is 51.2 Å². The number of hydrogen-bond donors (Lipinski definition) is 1. The molecular weight excluding hydrogens is 286 g/mol. The van der Waals surface area contributed by atoms with Gasteiger partial charge < -0.3 is 10.1 Å². The Labute approximate surface area is 126 Å². The van der Waals surface area contributed by atoms with Gasteiger partial charge in [-0.1, -0.05) is 6.92 Å². The summed E-state index contributed by atoms with van der Waals surface area (Å²) in [5, 5.41) is 4.67. The van der Waals surface area contributed by atoms with Gasteiger partial charge in [-0.2, -0.15) is 0 Å². The molecule has 21 heavy (non-hydrogen) atoms. The number of nitrogens with one attached hydrogen (secondary N) is 1. The lowest BCUT2D eigenvalue weighted by molar-refractivity contribution is 0.0957. The van der Waals surface area contributed by atoms with Crippen LogP contribution in [0.25, 0.3) is 0 Å². The van der Waals surface area contributed by atoms with Crippen molar-refractivity contribution in [3.63, 3.8) is 0 Å². The monoisotopic (exact) mass is 301 g/mol. The van der Waals surface area contributed by atoms with Gasteiger partial charge in [0, 0.05) is 5.56 Å². The van der Waals surface area contributed by atoms with Crippen LogP contribution in [0.2, 0.25) is 0 Å². The molecule has 1 aliphatic rings. The van der Waals surface area contributed by atoms with Gasteiger partial charge in [0.25, 0.3) is 5.91 Å². The highest BCUT2D eigenvalue weighted by Gasteiger charge is 2.20. The second-order valence-corrected chi connectivity index (χ2v) is 5.69. The molecule has 0 atom stereocenters. The number of hydrogen-bond acceptors (Lipinski definition) is 4. The SMILES string of the molecule is CCc1ccsc1C(=O)c1ccc2c(c1)C(=O)NCCO2. The van der Waals surface area contributed by atoms with Crippen LogP contribution >= 0.6 is 11.3 Å². The minimum absolute atomic E-state index is 0.0401.